The van der Waals surface area contributed by atoms with Gasteiger partial charge in [-0.15, -0.1) is 0 Å². The molecule has 2 saturated carbocycles. The first-order valence-corrected chi connectivity index (χ1v) is 8.62. The van der Waals surface area contributed by atoms with Crippen molar-refractivity contribution >= 4 is 0 Å². The second kappa shape index (κ2) is 7.64. The van der Waals surface area contributed by atoms with Gasteiger partial charge in [-0.3, -0.25) is 0 Å². The van der Waals surface area contributed by atoms with Crippen LogP contribution in [0.25, 0.3) is 0 Å². The van der Waals surface area contributed by atoms with Crippen molar-refractivity contribution in [3.8, 4) is 0 Å². The van der Waals surface area contributed by atoms with E-state index in [0.29, 0.717) is 0 Å². The molecule has 0 aromatic heterocycles. The van der Waals surface area contributed by atoms with Crippen LogP contribution < -0.4 is 5.32 Å². The Morgan fingerprint density at radius 3 is 2.32 bits per heavy atom. The molecule has 0 unspecified atom stereocenters. The van der Waals surface area contributed by atoms with Crippen LogP contribution in [0.1, 0.15) is 71.6 Å². The van der Waals surface area contributed by atoms with Crippen LogP contribution in [0.4, 0.5) is 0 Å². The van der Waals surface area contributed by atoms with E-state index in [1.54, 1.807) is 0 Å². The second-order valence-corrected chi connectivity index (χ2v) is 6.85. The van der Waals surface area contributed by atoms with Crippen molar-refractivity contribution in [2.75, 3.05) is 19.7 Å². The van der Waals surface area contributed by atoms with Gasteiger partial charge in [0.1, 0.15) is 0 Å². The fourth-order valence-electron chi connectivity index (χ4n) is 3.34. The monoisotopic (exact) mass is 267 g/mol. The van der Waals surface area contributed by atoms with Gasteiger partial charge in [0.15, 0.2) is 0 Å². The zero-order valence-electron chi connectivity index (χ0n) is 13.0. The van der Waals surface area contributed by atoms with Gasteiger partial charge in [0.2, 0.25) is 0 Å². The van der Waals surface area contributed by atoms with Crippen LogP contribution in [-0.2, 0) is 4.74 Å². The van der Waals surface area contributed by atoms with Crippen molar-refractivity contribution in [2.24, 2.45) is 11.8 Å². The SMILES string of the molecule is CCCNCC1(OCC2CC2)CCC(CCC)CC1. The molecule has 2 fully saturated rings. The van der Waals surface area contributed by atoms with E-state index in [2.05, 4.69) is 19.2 Å². The van der Waals surface area contributed by atoms with Crippen LogP contribution in [0, 0.1) is 11.8 Å². The number of hydrogen-bond acceptors (Lipinski definition) is 2. The van der Waals surface area contributed by atoms with E-state index < -0.39 is 0 Å². The van der Waals surface area contributed by atoms with Gasteiger partial charge in [-0.1, -0.05) is 26.7 Å². The normalized spacial score (nSPS) is 31.6. The highest BCUT2D eigenvalue weighted by molar-refractivity contribution is 4.90. The summed E-state index contributed by atoms with van der Waals surface area (Å²) in [5, 5.41) is 3.61. The number of hydrogen-bond donors (Lipinski definition) is 1. The molecule has 1 N–H and O–H groups in total. The minimum Gasteiger partial charge on any atom is -0.373 e. The summed E-state index contributed by atoms with van der Waals surface area (Å²) in [6.07, 6.45) is 12.1. The van der Waals surface area contributed by atoms with Crippen molar-refractivity contribution in [1.29, 1.82) is 0 Å². The predicted molar refractivity (Wildman–Crippen MR) is 81.4 cm³/mol. The Morgan fingerprint density at radius 2 is 1.74 bits per heavy atom. The summed E-state index contributed by atoms with van der Waals surface area (Å²) >= 11 is 0. The third-order valence-corrected chi connectivity index (χ3v) is 4.91. The molecule has 0 atom stereocenters. The van der Waals surface area contributed by atoms with E-state index in [1.165, 1.54) is 57.8 Å². The number of ether oxygens (including phenoxy) is 1. The van der Waals surface area contributed by atoms with Gasteiger partial charge in [-0.25, -0.2) is 0 Å². The molecule has 2 rings (SSSR count). The van der Waals surface area contributed by atoms with Gasteiger partial charge in [0.05, 0.1) is 12.2 Å². The molecule has 0 aromatic carbocycles. The summed E-state index contributed by atoms with van der Waals surface area (Å²) in [5.41, 5.74) is 0.169. The minimum absolute atomic E-state index is 0.169. The summed E-state index contributed by atoms with van der Waals surface area (Å²) < 4.78 is 6.41. The Hall–Kier alpha value is -0.0800. The lowest BCUT2D eigenvalue weighted by molar-refractivity contribution is -0.0808. The minimum atomic E-state index is 0.169. The molecule has 0 aromatic rings. The molecule has 112 valence electrons. The Labute approximate surface area is 119 Å². The van der Waals surface area contributed by atoms with E-state index in [4.69, 9.17) is 4.74 Å². The molecule has 0 amide bonds. The highest BCUT2D eigenvalue weighted by atomic mass is 16.5. The van der Waals surface area contributed by atoms with E-state index in [9.17, 15) is 0 Å². The highest BCUT2D eigenvalue weighted by Crippen LogP contribution is 2.38. The molecule has 0 radical (unpaired) electrons. The van der Waals surface area contributed by atoms with Crippen LogP contribution in [0.15, 0.2) is 0 Å². The van der Waals surface area contributed by atoms with Crippen molar-refractivity contribution < 1.29 is 4.74 Å². The average molecular weight is 267 g/mol. The van der Waals surface area contributed by atoms with Gasteiger partial charge in [0, 0.05) is 6.54 Å². The molecule has 2 nitrogen and oxygen atoms in total. The third-order valence-electron chi connectivity index (χ3n) is 4.91. The quantitative estimate of drug-likeness (QED) is 0.634. The van der Waals surface area contributed by atoms with E-state index >= 15 is 0 Å². The van der Waals surface area contributed by atoms with Crippen molar-refractivity contribution in [1.82, 2.24) is 5.32 Å². The van der Waals surface area contributed by atoms with Crippen LogP contribution in [-0.4, -0.2) is 25.3 Å². The summed E-state index contributed by atoms with van der Waals surface area (Å²) in [6, 6.07) is 0. The first-order valence-electron chi connectivity index (χ1n) is 8.62. The number of nitrogens with one attached hydrogen (secondary N) is 1. The zero-order chi connectivity index (χ0) is 13.6. The first-order chi connectivity index (χ1) is 9.28. The third kappa shape index (κ3) is 5.07. The Bertz CT molecular complexity index is 242. The van der Waals surface area contributed by atoms with Gasteiger partial charge in [-0.05, 0) is 63.3 Å². The predicted octanol–water partition coefficient (Wildman–Crippen LogP) is 4.14. The Morgan fingerprint density at radius 1 is 1.00 bits per heavy atom. The van der Waals surface area contributed by atoms with E-state index in [-0.39, 0.29) is 5.60 Å². The second-order valence-electron chi connectivity index (χ2n) is 6.85. The van der Waals surface area contributed by atoms with Crippen molar-refractivity contribution in [2.45, 2.75) is 77.2 Å². The Balaban J connectivity index is 1.79. The molecule has 0 aliphatic heterocycles. The standard InChI is InChI=1S/C17H33NO/c1-3-5-15-8-10-17(11-9-15,14-18-12-4-2)19-13-16-6-7-16/h15-16,18H,3-14H2,1-2H3. The molecule has 0 spiro atoms. The maximum atomic E-state index is 6.41. The lowest BCUT2D eigenvalue weighted by atomic mass is 9.77. The molecule has 2 heteroatoms. The lowest BCUT2D eigenvalue weighted by Gasteiger charge is -2.40. The molecule has 19 heavy (non-hydrogen) atoms. The van der Waals surface area contributed by atoms with Crippen LogP contribution in [0.3, 0.4) is 0 Å². The van der Waals surface area contributed by atoms with Crippen LogP contribution in [0.2, 0.25) is 0 Å². The smallest absolute Gasteiger partial charge is 0.0806 e. The topological polar surface area (TPSA) is 21.3 Å². The fraction of sp³-hybridized carbons (Fsp3) is 1.00. The number of rotatable bonds is 9. The van der Waals surface area contributed by atoms with Crippen LogP contribution in [0.5, 0.6) is 0 Å². The maximum Gasteiger partial charge on any atom is 0.0806 e. The molecule has 2 aliphatic carbocycles. The summed E-state index contributed by atoms with van der Waals surface area (Å²) in [4.78, 5) is 0. The molecule has 0 heterocycles. The molecular weight excluding hydrogens is 234 g/mol. The molecule has 0 bridgehead atoms. The van der Waals surface area contributed by atoms with Gasteiger partial charge >= 0.3 is 0 Å². The molecular formula is C17H33NO. The van der Waals surface area contributed by atoms with Crippen molar-refractivity contribution in [3.63, 3.8) is 0 Å². The molecule has 2 aliphatic rings. The van der Waals surface area contributed by atoms with Crippen LogP contribution >= 0.6 is 0 Å². The van der Waals surface area contributed by atoms with E-state index in [0.717, 1.165) is 31.5 Å². The lowest BCUT2D eigenvalue weighted by Crippen LogP contribution is -2.46. The largest absolute Gasteiger partial charge is 0.373 e. The van der Waals surface area contributed by atoms with Gasteiger partial charge in [0.25, 0.3) is 0 Å². The maximum absolute atomic E-state index is 6.41. The fourth-order valence-corrected chi connectivity index (χ4v) is 3.34. The summed E-state index contributed by atoms with van der Waals surface area (Å²) in [5.74, 6) is 1.85. The summed E-state index contributed by atoms with van der Waals surface area (Å²) in [6.45, 7) is 7.78. The highest BCUT2D eigenvalue weighted by Gasteiger charge is 2.37. The average Bonchev–Trinajstić information content (AvgIpc) is 3.24. The van der Waals surface area contributed by atoms with Gasteiger partial charge < -0.3 is 10.1 Å². The zero-order valence-corrected chi connectivity index (χ0v) is 13.0. The van der Waals surface area contributed by atoms with Gasteiger partial charge in [-0.2, -0.15) is 0 Å². The molecule has 0 saturated heterocycles. The Kier molecular flexibility index (Phi) is 6.15. The first kappa shape index (κ1) is 15.3. The van der Waals surface area contributed by atoms with Crippen molar-refractivity contribution in [3.05, 3.63) is 0 Å². The van der Waals surface area contributed by atoms with E-state index in [1.807, 2.05) is 0 Å². The summed E-state index contributed by atoms with van der Waals surface area (Å²) in [7, 11) is 0.